The van der Waals surface area contributed by atoms with E-state index in [1.54, 1.807) is 36.4 Å². The molecule has 3 nitrogen and oxygen atoms in total. The fourth-order valence-corrected chi connectivity index (χ4v) is 2.94. The summed E-state index contributed by atoms with van der Waals surface area (Å²) in [6.45, 7) is 0. The predicted molar refractivity (Wildman–Crippen MR) is 104 cm³/mol. The third kappa shape index (κ3) is 3.51. The first-order valence-electron chi connectivity index (χ1n) is 8.40. The molecule has 0 aliphatic carbocycles. The van der Waals surface area contributed by atoms with Crippen LogP contribution in [-0.2, 0) is 0 Å². The fourth-order valence-electron chi connectivity index (χ4n) is 2.94. The second-order valence-electron chi connectivity index (χ2n) is 6.14. The van der Waals surface area contributed by atoms with Gasteiger partial charge in [-0.25, -0.2) is 9.18 Å². The second-order valence-corrected chi connectivity index (χ2v) is 6.14. The first kappa shape index (κ1) is 16.8. The van der Waals surface area contributed by atoms with Crippen LogP contribution in [0.5, 0.6) is 0 Å². The summed E-state index contributed by atoms with van der Waals surface area (Å²) in [4.78, 5) is 11.3. The zero-order valence-electron chi connectivity index (χ0n) is 14.2. The highest BCUT2D eigenvalue weighted by Crippen LogP contribution is 2.28. The predicted octanol–water partition coefficient (Wildman–Crippen LogP) is 6.11. The number of fused-ring (bicyclic) bond motifs is 1. The van der Waals surface area contributed by atoms with Gasteiger partial charge in [-0.2, -0.15) is 0 Å². The summed E-state index contributed by atoms with van der Waals surface area (Å²) in [7, 11) is 0. The molecule has 0 aliphatic heterocycles. The lowest BCUT2D eigenvalue weighted by atomic mass is 10.0. The summed E-state index contributed by atoms with van der Waals surface area (Å²) >= 11 is 0. The van der Waals surface area contributed by atoms with Crippen molar-refractivity contribution in [3.63, 3.8) is 0 Å². The van der Waals surface area contributed by atoms with E-state index in [0.717, 1.165) is 16.5 Å². The van der Waals surface area contributed by atoms with Crippen molar-refractivity contribution < 1.29 is 18.7 Å². The van der Waals surface area contributed by atoms with Crippen LogP contribution in [0.15, 0.2) is 77.2 Å². The lowest BCUT2D eigenvalue weighted by Crippen LogP contribution is -1.98. The fraction of sp³-hybridized carbons (Fsp3) is 0. The standard InChI is InChI=1S/C23H15FO3/c24-19-11-12-21-18(13-19)14-22(27-21)17-9-6-15(7-10-17)5-8-16-3-1-2-4-20(16)23(25)26/h1-14H,(H,25,26). The van der Waals surface area contributed by atoms with Gasteiger partial charge in [0.25, 0.3) is 0 Å². The number of carbonyl (C=O) groups is 1. The quantitative estimate of drug-likeness (QED) is 0.448. The zero-order chi connectivity index (χ0) is 18.8. The van der Waals surface area contributed by atoms with Crippen LogP contribution in [0, 0.1) is 5.82 Å². The van der Waals surface area contributed by atoms with E-state index in [1.807, 2.05) is 36.4 Å². The van der Waals surface area contributed by atoms with E-state index in [2.05, 4.69) is 0 Å². The molecule has 1 heterocycles. The largest absolute Gasteiger partial charge is 0.478 e. The molecule has 0 aliphatic rings. The molecule has 3 aromatic carbocycles. The van der Waals surface area contributed by atoms with Crippen molar-refractivity contribution in [2.45, 2.75) is 0 Å². The van der Waals surface area contributed by atoms with E-state index < -0.39 is 5.97 Å². The molecule has 1 N–H and O–H groups in total. The Morgan fingerprint density at radius 2 is 1.70 bits per heavy atom. The number of halogens is 1. The molecule has 0 saturated heterocycles. The number of carboxylic acids is 1. The molecule has 0 unspecified atom stereocenters. The van der Waals surface area contributed by atoms with Crippen LogP contribution < -0.4 is 0 Å². The maximum atomic E-state index is 13.3. The lowest BCUT2D eigenvalue weighted by Gasteiger charge is -2.01. The molecule has 0 amide bonds. The minimum Gasteiger partial charge on any atom is -0.478 e. The number of hydrogen-bond donors (Lipinski definition) is 1. The summed E-state index contributed by atoms with van der Waals surface area (Å²) in [5.41, 5.74) is 3.37. The second kappa shape index (κ2) is 6.92. The van der Waals surface area contributed by atoms with Crippen molar-refractivity contribution in [2.24, 2.45) is 0 Å². The third-order valence-electron chi connectivity index (χ3n) is 4.32. The molecular formula is C23H15FO3. The summed E-state index contributed by atoms with van der Waals surface area (Å²) in [6.07, 6.45) is 3.64. The van der Waals surface area contributed by atoms with Gasteiger partial charge in [0, 0.05) is 10.9 Å². The maximum absolute atomic E-state index is 13.3. The van der Waals surface area contributed by atoms with Crippen LogP contribution in [0.25, 0.3) is 34.4 Å². The lowest BCUT2D eigenvalue weighted by molar-refractivity contribution is 0.0696. The van der Waals surface area contributed by atoms with Crippen LogP contribution >= 0.6 is 0 Å². The van der Waals surface area contributed by atoms with Crippen LogP contribution in [0.2, 0.25) is 0 Å². The third-order valence-corrected chi connectivity index (χ3v) is 4.32. The van der Waals surface area contributed by atoms with Crippen LogP contribution in [0.3, 0.4) is 0 Å². The Labute approximate surface area is 155 Å². The highest BCUT2D eigenvalue weighted by atomic mass is 19.1. The zero-order valence-corrected chi connectivity index (χ0v) is 14.2. The monoisotopic (exact) mass is 358 g/mol. The molecule has 27 heavy (non-hydrogen) atoms. The molecule has 0 bridgehead atoms. The van der Waals surface area contributed by atoms with Gasteiger partial charge < -0.3 is 9.52 Å². The van der Waals surface area contributed by atoms with Gasteiger partial charge in [0.2, 0.25) is 0 Å². The minimum absolute atomic E-state index is 0.264. The van der Waals surface area contributed by atoms with Gasteiger partial charge in [-0.1, -0.05) is 54.6 Å². The van der Waals surface area contributed by atoms with E-state index in [9.17, 15) is 14.3 Å². The van der Waals surface area contributed by atoms with Crippen molar-refractivity contribution in [1.82, 2.24) is 0 Å². The number of hydrogen-bond acceptors (Lipinski definition) is 2. The Morgan fingerprint density at radius 1 is 0.926 bits per heavy atom. The van der Waals surface area contributed by atoms with Crippen molar-refractivity contribution in [1.29, 1.82) is 0 Å². The van der Waals surface area contributed by atoms with E-state index in [-0.39, 0.29) is 11.4 Å². The van der Waals surface area contributed by atoms with Crippen LogP contribution in [0.4, 0.5) is 4.39 Å². The molecule has 0 atom stereocenters. The topological polar surface area (TPSA) is 50.4 Å². The van der Waals surface area contributed by atoms with Gasteiger partial charge in [0.05, 0.1) is 5.56 Å². The minimum atomic E-state index is -0.952. The van der Waals surface area contributed by atoms with Crippen molar-refractivity contribution >= 4 is 29.1 Å². The van der Waals surface area contributed by atoms with E-state index in [1.165, 1.54) is 12.1 Å². The van der Waals surface area contributed by atoms with Gasteiger partial charge in [-0.3, -0.25) is 0 Å². The first-order valence-corrected chi connectivity index (χ1v) is 8.40. The van der Waals surface area contributed by atoms with Gasteiger partial charge in [0.15, 0.2) is 0 Å². The molecule has 132 valence electrons. The number of furan rings is 1. The summed E-state index contributed by atoms with van der Waals surface area (Å²) in [5, 5.41) is 9.96. The van der Waals surface area contributed by atoms with E-state index in [4.69, 9.17) is 4.42 Å². The highest BCUT2D eigenvalue weighted by molar-refractivity contribution is 5.93. The average Bonchev–Trinajstić information content (AvgIpc) is 3.10. The Morgan fingerprint density at radius 3 is 2.48 bits per heavy atom. The number of carboxylic acid groups (broad SMARTS) is 1. The molecule has 0 fully saturated rings. The summed E-state index contributed by atoms with van der Waals surface area (Å²) in [5.74, 6) is -0.578. The van der Waals surface area contributed by atoms with E-state index in [0.29, 0.717) is 16.9 Å². The SMILES string of the molecule is O=C(O)c1ccccc1C=Cc1ccc(-c2cc3cc(F)ccc3o2)cc1. The van der Waals surface area contributed by atoms with Crippen LogP contribution in [-0.4, -0.2) is 11.1 Å². The Kier molecular flexibility index (Phi) is 4.30. The average molecular weight is 358 g/mol. The van der Waals surface area contributed by atoms with Crippen molar-refractivity contribution in [2.75, 3.05) is 0 Å². The molecule has 4 heteroatoms. The Balaban J connectivity index is 1.59. The van der Waals surface area contributed by atoms with Crippen molar-refractivity contribution in [3.8, 4) is 11.3 Å². The Hall–Kier alpha value is -3.66. The van der Waals surface area contributed by atoms with Gasteiger partial charge in [-0.05, 0) is 41.5 Å². The van der Waals surface area contributed by atoms with Gasteiger partial charge >= 0.3 is 5.97 Å². The molecule has 0 saturated carbocycles. The number of aromatic carboxylic acids is 1. The molecular weight excluding hydrogens is 343 g/mol. The molecule has 4 aromatic rings. The molecule has 0 spiro atoms. The highest BCUT2D eigenvalue weighted by Gasteiger charge is 2.08. The number of rotatable bonds is 4. The normalized spacial score (nSPS) is 11.3. The summed E-state index contributed by atoms with van der Waals surface area (Å²) in [6, 6.07) is 20.8. The van der Waals surface area contributed by atoms with Gasteiger partial charge in [0.1, 0.15) is 17.2 Å². The first-order chi connectivity index (χ1) is 13.1. The van der Waals surface area contributed by atoms with E-state index >= 15 is 0 Å². The molecule has 0 radical (unpaired) electrons. The maximum Gasteiger partial charge on any atom is 0.336 e. The smallest absolute Gasteiger partial charge is 0.336 e. The van der Waals surface area contributed by atoms with Crippen molar-refractivity contribution in [3.05, 3.63) is 95.3 Å². The summed E-state index contributed by atoms with van der Waals surface area (Å²) < 4.78 is 19.1. The Bertz CT molecular complexity index is 1150. The van der Waals surface area contributed by atoms with Crippen LogP contribution in [0.1, 0.15) is 21.5 Å². The van der Waals surface area contributed by atoms with Gasteiger partial charge in [-0.15, -0.1) is 0 Å². The molecule has 4 rings (SSSR count). The molecule has 1 aromatic heterocycles. The number of benzene rings is 3.